The van der Waals surface area contributed by atoms with Crippen molar-refractivity contribution in [3.63, 3.8) is 0 Å². The second-order valence-electron chi connectivity index (χ2n) is 4.77. The highest BCUT2D eigenvalue weighted by atomic mass is 35.5. The van der Waals surface area contributed by atoms with Crippen molar-refractivity contribution in [2.24, 2.45) is 7.05 Å². The molecule has 1 atom stereocenters. The summed E-state index contributed by atoms with van der Waals surface area (Å²) < 4.78 is 1.57. The molecule has 2 aromatic heterocycles. The van der Waals surface area contributed by atoms with E-state index in [4.69, 9.17) is 11.6 Å². The summed E-state index contributed by atoms with van der Waals surface area (Å²) in [7, 11) is 1.76. The summed E-state index contributed by atoms with van der Waals surface area (Å²) >= 11 is 6.21. The second-order valence-corrected chi connectivity index (χ2v) is 5.13. The number of hydrogen-bond donors (Lipinski definition) is 1. The standard InChI is InChI=1S/C15H14ClN3O/c1-9-13(15(16)19(2)18-9)14(20)11-5-6-12-10(8-11)4-3-7-17-12/h3-8,14,20H,1-2H3. The third-order valence-electron chi connectivity index (χ3n) is 3.41. The van der Waals surface area contributed by atoms with Crippen molar-refractivity contribution < 1.29 is 5.11 Å². The summed E-state index contributed by atoms with van der Waals surface area (Å²) in [6.07, 6.45) is 0.960. The maximum absolute atomic E-state index is 10.6. The minimum absolute atomic E-state index is 0.460. The van der Waals surface area contributed by atoms with E-state index in [-0.39, 0.29) is 0 Å². The van der Waals surface area contributed by atoms with Crippen molar-refractivity contribution in [1.29, 1.82) is 0 Å². The van der Waals surface area contributed by atoms with Crippen LogP contribution in [0.25, 0.3) is 10.9 Å². The summed E-state index contributed by atoms with van der Waals surface area (Å²) in [5, 5.41) is 16.2. The molecule has 0 bridgehead atoms. The zero-order valence-corrected chi connectivity index (χ0v) is 12.0. The molecule has 3 rings (SSSR count). The van der Waals surface area contributed by atoms with Gasteiger partial charge in [0.05, 0.1) is 11.2 Å². The molecule has 1 N–H and O–H groups in total. The minimum Gasteiger partial charge on any atom is -0.383 e. The van der Waals surface area contributed by atoms with Crippen molar-refractivity contribution in [2.45, 2.75) is 13.0 Å². The van der Waals surface area contributed by atoms with Gasteiger partial charge in [0.1, 0.15) is 11.3 Å². The van der Waals surface area contributed by atoms with Crippen LogP contribution in [0.4, 0.5) is 0 Å². The summed E-state index contributed by atoms with van der Waals surface area (Å²) in [5.41, 5.74) is 3.06. The van der Waals surface area contributed by atoms with E-state index in [9.17, 15) is 5.11 Å². The number of hydrogen-bond acceptors (Lipinski definition) is 3. The van der Waals surface area contributed by atoms with Gasteiger partial charge in [-0.15, -0.1) is 0 Å². The van der Waals surface area contributed by atoms with Gasteiger partial charge in [-0.05, 0) is 30.7 Å². The van der Waals surface area contributed by atoms with Crippen LogP contribution in [0.15, 0.2) is 36.5 Å². The lowest BCUT2D eigenvalue weighted by Gasteiger charge is -2.12. The molecule has 0 amide bonds. The highest BCUT2D eigenvalue weighted by molar-refractivity contribution is 6.30. The molecule has 0 radical (unpaired) electrons. The van der Waals surface area contributed by atoms with Crippen LogP contribution in [-0.2, 0) is 7.05 Å². The fraction of sp³-hybridized carbons (Fsp3) is 0.200. The number of halogens is 1. The average Bonchev–Trinajstić information content (AvgIpc) is 2.71. The van der Waals surface area contributed by atoms with Gasteiger partial charge in [0.2, 0.25) is 0 Å². The normalized spacial score (nSPS) is 12.8. The predicted octanol–water partition coefficient (Wildman–Crippen LogP) is 3.01. The first-order chi connectivity index (χ1) is 9.58. The number of rotatable bonds is 2. The van der Waals surface area contributed by atoms with Gasteiger partial charge in [0.25, 0.3) is 0 Å². The number of pyridine rings is 1. The first-order valence-electron chi connectivity index (χ1n) is 6.29. The Balaban J connectivity index is 2.10. The van der Waals surface area contributed by atoms with E-state index in [1.807, 2.05) is 37.3 Å². The van der Waals surface area contributed by atoms with E-state index in [1.165, 1.54) is 0 Å². The lowest BCUT2D eigenvalue weighted by atomic mass is 10.0. The molecule has 1 unspecified atom stereocenters. The largest absolute Gasteiger partial charge is 0.383 e. The Hall–Kier alpha value is -1.91. The number of aromatic nitrogens is 3. The van der Waals surface area contributed by atoms with E-state index >= 15 is 0 Å². The molecule has 0 aliphatic rings. The summed E-state index contributed by atoms with van der Waals surface area (Å²) in [6, 6.07) is 9.53. The zero-order chi connectivity index (χ0) is 14.3. The average molecular weight is 288 g/mol. The van der Waals surface area contributed by atoms with Crippen molar-refractivity contribution in [3.8, 4) is 0 Å². The first-order valence-corrected chi connectivity index (χ1v) is 6.67. The molecular formula is C15H14ClN3O. The Kier molecular flexibility index (Phi) is 3.20. The Labute approximate surface area is 121 Å². The fourth-order valence-corrected chi connectivity index (χ4v) is 2.67. The minimum atomic E-state index is -0.791. The van der Waals surface area contributed by atoms with Crippen molar-refractivity contribution in [3.05, 3.63) is 58.5 Å². The second kappa shape index (κ2) is 4.89. The quantitative estimate of drug-likeness (QED) is 0.788. The highest BCUT2D eigenvalue weighted by Gasteiger charge is 2.21. The van der Waals surface area contributed by atoms with E-state index in [1.54, 1.807) is 17.9 Å². The van der Waals surface area contributed by atoms with Gasteiger partial charge < -0.3 is 5.11 Å². The molecule has 0 fully saturated rings. The summed E-state index contributed by atoms with van der Waals surface area (Å²) in [6.45, 7) is 1.84. The van der Waals surface area contributed by atoms with Crippen LogP contribution in [0.1, 0.15) is 22.9 Å². The van der Waals surface area contributed by atoms with Crippen molar-refractivity contribution >= 4 is 22.5 Å². The third kappa shape index (κ3) is 2.07. The van der Waals surface area contributed by atoms with Gasteiger partial charge >= 0.3 is 0 Å². The number of aliphatic hydroxyl groups is 1. The smallest absolute Gasteiger partial charge is 0.133 e. The molecule has 0 saturated carbocycles. The van der Waals surface area contributed by atoms with Crippen LogP contribution >= 0.6 is 11.6 Å². The molecule has 5 heteroatoms. The Morgan fingerprint density at radius 1 is 1.30 bits per heavy atom. The van der Waals surface area contributed by atoms with E-state index in [2.05, 4.69) is 10.1 Å². The number of fused-ring (bicyclic) bond motifs is 1. The van der Waals surface area contributed by atoms with Gasteiger partial charge in [-0.1, -0.05) is 23.7 Å². The molecular weight excluding hydrogens is 274 g/mol. The Bertz CT molecular complexity index is 782. The Morgan fingerprint density at radius 3 is 2.80 bits per heavy atom. The van der Waals surface area contributed by atoms with Crippen LogP contribution in [0, 0.1) is 6.92 Å². The lowest BCUT2D eigenvalue weighted by molar-refractivity contribution is 0.220. The number of aliphatic hydroxyl groups excluding tert-OH is 1. The SMILES string of the molecule is Cc1nn(C)c(Cl)c1C(O)c1ccc2ncccc2c1. The molecule has 0 spiro atoms. The molecule has 0 aliphatic carbocycles. The fourth-order valence-electron chi connectivity index (χ4n) is 2.39. The van der Waals surface area contributed by atoms with Gasteiger partial charge in [0.15, 0.2) is 0 Å². The zero-order valence-electron chi connectivity index (χ0n) is 11.2. The third-order valence-corrected chi connectivity index (χ3v) is 3.86. The van der Waals surface area contributed by atoms with Crippen LogP contribution in [-0.4, -0.2) is 19.9 Å². The molecule has 0 saturated heterocycles. The molecule has 0 aliphatic heterocycles. The van der Waals surface area contributed by atoms with Gasteiger partial charge in [0, 0.05) is 24.2 Å². The van der Waals surface area contributed by atoms with Crippen LogP contribution < -0.4 is 0 Å². The lowest BCUT2D eigenvalue weighted by Crippen LogP contribution is -2.01. The van der Waals surface area contributed by atoms with Crippen molar-refractivity contribution in [2.75, 3.05) is 0 Å². The number of nitrogens with zero attached hydrogens (tertiary/aromatic N) is 3. The van der Waals surface area contributed by atoms with E-state index in [0.29, 0.717) is 10.7 Å². The van der Waals surface area contributed by atoms with Crippen LogP contribution in [0.5, 0.6) is 0 Å². The maximum Gasteiger partial charge on any atom is 0.133 e. The summed E-state index contributed by atoms with van der Waals surface area (Å²) in [4.78, 5) is 4.27. The molecule has 1 aromatic carbocycles. The molecule has 4 nitrogen and oxygen atoms in total. The molecule has 3 aromatic rings. The monoisotopic (exact) mass is 287 g/mol. The predicted molar refractivity (Wildman–Crippen MR) is 78.8 cm³/mol. The van der Waals surface area contributed by atoms with Gasteiger partial charge in [-0.2, -0.15) is 5.10 Å². The maximum atomic E-state index is 10.6. The van der Waals surface area contributed by atoms with Gasteiger partial charge in [-0.3, -0.25) is 9.67 Å². The summed E-state index contributed by atoms with van der Waals surface area (Å²) in [5.74, 6) is 0. The van der Waals surface area contributed by atoms with Crippen molar-refractivity contribution in [1.82, 2.24) is 14.8 Å². The van der Waals surface area contributed by atoms with Crippen LogP contribution in [0.3, 0.4) is 0 Å². The van der Waals surface area contributed by atoms with E-state index in [0.717, 1.165) is 22.2 Å². The number of aryl methyl sites for hydroxylation is 2. The Morgan fingerprint density at radius 2 is 2.10 bits per heavy atom. The molecule has 2 heterocycles. The molecule has 20 heavy (non-hydrogen) atoms. The molecule has 102 valence electrons. The van der Waals surface area contributed by atoms with Crippen LogP contribution in [0.2, 0.25) is 5.15 Å². The highest BCUT2D eigenvalue weighted by Crippen LogP contribution is 2.31. The van der Waals surface area contributed by atoms with Gasteiger partial charge in [-0.25, -0.2) is 0 Å². The van der Waals surface area contributed by atoms with E-state index < -0.39 is 6.10 Å². The number of benzene rings is 1. The topological polar surface area (TPSA) is 50.9 Å². The first kappa shape index (κ1) is 13.1.